The Labute approximate surface area is 147 Å². The number of hydrogen-bond acceptors (Lipinski definition) is 4. The van der Waals surface area contributed by atoms with Crippen LogP contribution in [0.3, 0.4) is 0 Å². The summed E-state index contributed by atoms with van der Waals surface area (Å²) in [5.74, 6) is 1.34. The van der Waals surface area contributed by atoms with E-state index in [9.17, 15) is 9.59 Å². The molecule has 1 fully saturated rings. The van der Waals surface area contributed by atoms with Crippen molar-refractivity contribution in [1.29, 1.82) is 0 Å². The van der Waals surface area contributed by atoms with E-state index in [2.05, 4.69) is 17.6 Å². The Morgan fingerprint density at radius 1 is 1.24 bits per heavy atom. The van der Waals surface area contributed by atoms with Crippen molar-refractivity contribution < 1.29 is 19.1 Å². The van der Waals surface area contributed by atoms with Gasteiger partial charge in [0, 0.05) is 31.3 Å². The van der Waals surface area contributed by atoms with Crippen LogP contribution in [0.4, 0.5) is 10.5 Å². The molecule has 25 heavy (non-hydrogen) atoms. The Bertz CT molecular complexity index is 635. The smallest absolute Gasteiger partial charge is 0.315 e. The molecule has 1 aromatic carbocycles. The monoisotopic (exact) mass is 347 g/mol. The summed E-state index contributed by atoms with van der Waals surface area (Å²) in [5.41, 5.74) is 0.766. The van der Waals surface area contributed by atoms with Crippen molar-refractivity contribution in [3.05, 3.63) is 18.2 Å². The van der Waals surface area contributed by atoms with E-state index in [0.717, 1.165) is 24.9 Å². The molecule has 3 rings (SSSR count). The molecular weight excluding hydrogens is 322 g/mol. The maximum Gasteiger partial charge on any atom is 0.315 e. The van der Waals surface area contributed by atoms with E-state index in [4.69, 9.17) is 9.47 Å². The van der Waals surface area contributed by atoms with E-state index in [1.54, 1.807) is 4.90 Å². The topological polar surface area (TPSA) is 79.9 Å². The molecule has 2 aliphatic rings. The van der Waals surface area contributed by atoms with Crippen LogP contribution in [0.5, 0.6) is 11.5 Å². The van der Waals surface area contributed by atoms with Gasteiger partial charge < -0.3 is 25.0 Å². The van der Waals surface area contributed by atoms with E-state index >= 15 is 0 Å². The summed E-state index contributed by atoms with van der Waals surface area (Å²) in [6, 6.07) is 5.08. The van der Waals surface area contributed by atoms with Gasteiger partial charge in [-0.3, -0.25) is 4.79 Å². The predicted octanol–water partition coefficient (Wildman–Crippen LogP) is 2.05. The Hall–Kier alpha value is -2.44. The van der Waals surface area contributed by atoms with Crippen LogP contribution in [-0.4, -0.2) is 44.3 Å². The zero-order chi connectivity index (χ0) is 17.6. The third-order valence-electron chi connectivity index (χ3n) is 4.36. The number of unbranched alkanes of at least 4 members (excludes halogenated alkanes) is 2. The second-order valence-corrected chi connectivity index (χ2v) is 6.34. The maximum absolute atomic E-state index is 12.3. The number of amides is 3. The number of hydrogen-bond donors (Lipinski definition) is 2. The fourth-order valence-corrected chi connectivity index (χ4v) is 3.07. The molecular formula is C18H25N3O4. The Morgan fingerprint density at radius 3 is 2.84 bits per heavy atom. The molecule has 1 atom stereocenters. The van der Waals surface area contributed by atoms with Crippen LogP contribution in [0.1, 0.15) is 32.6 Å². The van der Waals surface area contributed by atoms with Gasteiger partial charge in [0.2, 0.25) is 5.91 Å². The van der Waals surface area contributed by atoms with Crippen molar-refractivity contribution in [2.45, 2.75) is 38.6 Å². The standard InChI is InChI=1S/C18H25N3O4/c1-2-3-4-7-19-18(23)20-13-10-17(22)21(12-13)14-5-6-15-16(11-14)25-9-8-24-15/h5-6,11,13H,2-4,7-10,12H2,1H3,(H2,19,20,23)/t13-/m1/s1. The van der Waals surface area contributed by atoms with Gasteiger partial charge in [0.25, 0.3) is 0 Å². The van der Waals surface area contributed by atoms with E-state index < -0.39 is 0 Å². The van der Waals surface area contributed by atoms with Crippen molar-refractivity contribution in [3.63, 3.8) is 0 Å². The number of rotatable bonds is 6. The number of carbonyl (C=O) groups excluding carboxylic acids is 2. The lowest BCUT2D eigenvalue weighted by Crippen LogP contribution is -2.43. The normalized spacial score (nSPS) is 19.0. The molecule has 0 radical (unpaired) electrons. The molecule has 0 saturated carbocycles. The summed E-state index contributed by atoms with van der Waals surface area (Å²) < 4.78 is 11.1. The third kappa shape index (κ3) is 4.35. The maximum atomic E-state index is 12.3. The summed E-state index contributed by atoms with van der Waals surface area (Å²) in [7, 11) is 0. The fourth-order valence-electron chi connectivity index (χ4n) is 3.07. The molecule has 0 aliphatic carbocycles. The molecule has 1 saturated heterocycles. The molecule has 0 unspecified atom stereocenters. The van der Waals surface area contributed by atoms with Crippen LogP contribution in [0.2, 0.25) is 0 Å². The molecule has 0 aromatic heterocycles. The van der Waals surface area contributed by atoms with Gasteiger partial charge in [-0.15, -0.1) is 0 Å². The van der Waals surface area contributed by atoms with E-state index in [1.165, 1.54) is 0 Å². The van der Waals surface area contributed by atoms with Crippen molar-refractivity contribution in [2.24, 2.45) is 0 Å². The molecule has 2 heterocycles. The van der Waals surface area contributed by atoms with Crippen LogP contribution in [-0.2, 0) is 4.79 Å². The highest BCUT2D eigenvalue weighted by molar-refractivity contribution is 5.97. The second kappa shape index (κ2) is 8.09. The Morgan fingerprint density at radius 2 is 2.04 bits per heavy atom. The summed E-state index contributed by atoms with van der Waals surface area (Å²) >= 11 is 0. The molecule has 0 bridgehead atoms. The van der Waals surface area contributed by atoms with Crippen molar-refractivity contribution in [2.75, 3.05) is 31.2 Å². The SMILES string of the molecule is CCCCCNC(=O)N[C@@H]1CC(=O)N(c2ccc3c(c2)OCCO3)C1. The molecule has 3 amide bonds. The summed E-state index contributed by atoms with van der Waals surface area (Å²) in [6.07, 6.45) is 3.48. The lowest BCUT2D eigenvalue weighted by Gasteiger charge is -2.22. The van der Waals surface area contributed by atoms with Crippen molar-refractivity contribution in [1.82, 2.24) is 10.6 Å². The van der Waals surface area contributed by atoms with Gasteiger partial charge >= 0.3 is 6.03 Å². The van der Waals surface area contributed by atoms with Gasteiger partial charge in [-0.1, -0.05) is 19.8 Å². The second-order valence-electron chi connectivity index (χ2n) is 6.34. The average Bonchev–Trinajstić information content (AvgIpc) is 2.98. The number of urea groups is 1. The first-order valence-corrected chi connectivity index (χ1v) is 8.91. The fraction of sp³-hybridized carbons (Fsp3) is 0.556. The first-order chi connectivity index (χ1) is 12.2. The number of anilines is 1. The van der Waals surface area contributed by atoms with Gasteiger partial charge in [0.05, 0.1) is 6.04 Å². The van der Waals surface area contributed by atoms with Crippen LogP contribution >= 0.6 is 0 Å². The van der Waals surface area contributed by atoms with Crippen molar-refractivity contribution in [3.8, 4) is 11.5 Å². The van der Waals surface area contributed by atoms with Crippen molar-refractivity contribution >= 4 is 17.6 Å². The largest absolute Gasteiger partial charge is 0.486 e. The number of nitrogens with one attached hydrogen (secondary N) is 2. The quantitative estimate of drug-likeness (QED) is 0.772. The number of benzene rings is 1. The molecule has 7 nitrogen and oxygen atoms in total. The third-order valence-corrected chi connectivity index (χ3v) is 4.36. The van der Waals surface area contributed by atoms with Gasteiger partial charge in [-0.2, -0.15) is 0 Å². The minimum absolute atomic E-state index is 0.00652. The number of ether oxygens (including phenoxy) is 2. The average molecular weight is 347 g/mol. The minimum atomic E-state index is -0.210. The lowest BCUT2D eigenvalue weighted by atomic mass is 10.2. The molecule has 1 aromatic rings. The molecule has 2 N–H and O–H groups in total. The first-order valence-electron chi connectivity index (χ1n) is 8.91. The molecule has 136 valence electrons. The number of carbonyl (C=O) groups is 2. The molecule has 2 aliphatic heterocycles. The molecule has 0 spiro atoms. The van der Waals surface area contributed by atoms with Gasteiger partial charge in [-0.05, 0) is 18.6 Å². The van der Waals surface area contributed by atoms with E-state index in [0.29, 0.717) is 44.2 Å². The minimum Gasteiger partial charge on any atom is -0.486 e. The Kier molecular flexibility index (Phi) is 5.63. The summed E-state index contributed by atoms with van der Waals surface area (Å²) in [5, 5.41) is 5.72. The van der Waals surface area contributed by atoms with Gasteiger partial charge in [-0.25, -0.2) is 4.79 Å². The van der Waals surface area contributed by atoms with Crippen LogP contribution in [0, 0.1) is 0 Å². The van der Waals surface area contributed by atoms with Crippen LogP contribution < -0.4 is 25.0 Å². The van der Waals surface area contributed by atoms with Gasteiger partial charge in [0.15, 0.2) is 11.5 Å². The Balaban J connectivity index is 1.54. The number of nitrogens with zero attached hydrogens (tertiary/aromatic N) is 1. The zero-order valence-electron chi connectivity index (χ0n) is 14.5. The first kappa shape index (κ1) is 17.4. The van der Waals surface area contributed by atoms with Crippen LogP contribution in [0.25, 0.3) is 0 Å². The highest BCUT2D eigenvalue weighted by Gasteiger charge is 2.32. The zero-order valence-corrected chi connectivity index (χ0v) is 14.5. The lowest BCUT2D eigenvalue weighted by molar-refractivity contribution is -0.117. The highest BCUT2D eigenvalue weighted by atomic mass is 16.6. The highest BCUT2D eigenvalue weighted by Crippen LogP contribution is 2.35. The van der Waals surface area contributed by atoms with E-state index in [-0.39, 0.29) is 18.0 Å². The van der Waals surface area contributed by atoms with Crippen LogP contribution in [0.15, 0.2) is 18.2 Å². The summed E-state index contributed by atoms with van der Waals surface area (Å²) in [4.78, 5) is 25.9. The van der Waals surface area contributed by atoms with Gasteiger partial charge in [0.1, 0.15) is 13.2 Å². The predicted molar refractivity (Wildman–Crippen MR) is 94.2 cm³/mol. The summed E-state index contributed by atoms with van der Waals surface area (Å²) in [6.45, 7) is 4.28. The van der Waals surface area contributed by atoms with E-state index in [1.807, 2.05) is 18.2 Å². The number of fused-ring (bicyclic) bond motifs is 1. The molecule has 7 heteroatoms.